The van der Waals surface area contributed by atoms with E-state index in [0.717, 1.165) is 25.7 Å². The maximum absolute atomic E-state index is 13.3. The van der Waals surface area contributed by atoms with Gasteiger partial charge in [0.15, 0.2) is 5.56 Å². The molecule has 3 heterocycles. The van der Waals surface area contributed by atoms with E-state index in [1.165, 1.54) is 21.4 Å². The van der Waals surface area contributed by atoms with Gasteiger partial charge in [0.05, 0.1) is 6.20 Å². The molecule has 2 aliphatic rings. The van der Waals surface area contributed by atoms with Gasteiger partial charge in [-0.1, -0.05) is 13.8 Å². The maximum atomic E-state index is 13.3. The summed E-state index contributed by atoms with van der Waals surface area (Å²) in [5.41, 5.74) is -0.0147. The second-order valence-electron chi connectivity index (χ2n) is 9.65. The van der Waals surface area contributed by atoms with Crippen molar-refractivity contribution in [3.63, 3.8) is 0 Å². The van der Waals surface area contributed by atoms with Gasteiger partial charge >= 0.3 is 0 Å². The summed E-state index contributed by atoms with van der Waals surface area (Å²) < 4.78 is 7.88. The minimum atomic E-state index is -0.593. The molecule has 0 spiro atoms. The molecular formula is C24H33N5O5. The summed E-state index contributed by atoms with van der Waals surface area (Å²) in [7, 11) is 1.69. The van der Waals surface area contributed by atoms with Crippen molar-refractivity contribution in [2.45, 2.75) is 52.1 Å². The van der Waals surface area contributed by atoms with E-state index in [0.29, 0.717) is 43.4 Å². The van der Waals surface area contributed by atoms with Crippen molar-refractivity contribution in [1.82, 2.24) is 24.4 Å². The molecule has 184 valence electrons. The highest BCUT2D eigenvalue weighted by Crippen LogP contribution is 2.24. The first-order chi connectivity index (χ1) is 16.3. The first-order valence-electron chi connectivity index (χ1n) is 11.9. The van der Waals surface area contributed by atoms with Crippen LogP contribution in [0, 0.1) is 11.8 Å². The van der Waals surface area contributed by atoms with E-state index in [9.17, 15) is 19.5 Å². The number of methoxy groups -OCH3 is 1. The number of hydrogen-bond acceptors (Lipinski definition) is 6. The van der Waals surface area contributed by atoms with Crippen LogP contribution in [0.4, 0.5) is 0 Å². The van der Waals surface area contributed by atoms with E-state index in [-0.39, 0.29) is 23.4 Å². The molecule has 10 nitrogen and oxygen atoms in total. The standard InChI is InChI=1S/C24H33N5O5/c1-15(2)13-28-22-17(4-7-19(30)27-10-8-16(9-11-27)14-34-3)12-25-29(22)24(33)20(23(28)32)21(31)26-18-5-6-18/h4,7,12,15-16,18,33H,5-6,8-11,13-14H2,1-3H3,(H,26,31). The van der Waals surface area contributed by atoms with Crippen molar-refractivity contribution in [3.8, 4) is 5.88 Å². The number of hydrogen-bond donors (Lipinski definition) is 2. The van der Waals surface area contributed by atoms with Crippen molar-refractivity contribution in [2.24, 2.45) is 11.8 Å². The van der Waals surface area contributed by atoms with E-state index >= 15 is 0 Å². The van der Waals surface area contributed by atoms with Crippen LogP contribution in [0.3, 0.4) is 0 Å². The Morgan fingerprint density at radius 1 is 1.26 bits per heavy atom. The number of fused-ring (bicyclic) bond motifs is 1. The molecular weight excluding hydrogens is 438 g/mol. The summed E-state index contributed by atoms with van der Waals surface area (Å²) in [6.07, 6.45) is 8.11. The molecule has 1 saturated heterocycles. The van der Waals surface area contributed by atoms with E-state index in [2.05, 4.69) is 10.4 Å². The third kappa shape index (κ3) is 5.01. The predicted octanol–water partition coefficient (Wildman–Crippen LogP) is 1.65. The molecule has 1 aliphatic carbocycles. The third-order valence-electron chi connectivity index (χ3n) is 6.33. The minimum absolute atomic E-state index is 0.0437. The van der Waals surface area contributed by atoms with Crippen molar-refractivity contribution in [3.05, 3.63) is 33.8 Å². The molecule has 0 radical (unpaired) electrons. The Morgan fingerprint density at radius 2 is 1.97 bits per heavy atom. The largest absolute Gasteiger partial charge is 0.492 e. The fourth-order valence-electron chi connectivity index (χ4n) is 4.37. The van der Waals surface area contributed by atoms with Crippen LogP contribution in [0.5, 0.6) is 5.88 Å². The highest BCUT2D eigenvalue weighted by molar-refractivity contribution is 5.97. The number of nitrogens with one attached hydrogen (secondary N) is 1. The average Bonchev–Trinajstić information content (AvgIpc) is 3.51. The number of piperidine rings is 1. The zero-order valence-electron chi connectivity index (χ0n) is 20.0. The molecule has 2 amide bonds. The number of amides is 2. The lowest BCUT2D eigenvalue weighted by molar-refractivity contribution is -0.127. The monoisotopic (exact) mass is 471 g/mol. The fraction of sp³-hybridized carbons (Fsp3) is 0.583. The molecule has 0 unspecified atom stereocenters. The Labute approximate surface area is 198 Å². The van der Waals surface area contributed by atoms with Gasteiger partial charge in [-0.05, 0) is 43.6 Å². The molecule has 2 N–H and O–H groups in total. The number of nitrogens with zero attached hydrogens (tertiary/aromatic N) is 4. The second kappa shape index (κ2) is 10.0. The van der Waals surface area contributed by atoms with E-state index in [1.807, 2.05) is 13.8 Å². The Balaban J connectivity index is 1.64. The smallest absolute Gasteiger partial charge is 0.270 e. The number of aromatic nitrogens is 3. The third-order valence-corrected chi connectivity index (χ3v) is 6.33. The normalized spacial score (nSPS) is 17.2. The van der Waals surface area contributed by atoms with Gasteiger partial charge in [0.1, 0.15) is 5.65 Å². The SMILES string of the molecule is COCC1CCN(C(=O)C=Cc2cnn3c(O)c(C(=O)NC4CC4)c(=O)n(CC(C)C)c23)CC1. The molecule has 10 heteroatoms. The molecule has 1 saturated carbocycles. The van der Waals surface area contributed by atoms with Gasteiger partial charge in [-0.3, -0.25) is 19.0 Å². The van der Waals surface area contributed by atoms with Gasteiger partial charge < -0.3 is 20.1 Å². The number of aromatic hydroxyl groups is 1. The van der Waals surface area contributed by atoms with Crippen LogP contribution in [0.25, 0.3) is 11.7 Å². The summed E-state index contributed by atoms with van der Waals surface area (Å²) in [5.74, 6) is -0.629. The quantitative estimate of drug-likeness (QED) is 0.565. The zero-order valence-corrected chi connectivity index (χ0v) is 20.0. The number of carbonyl (C=O) groups is 2. The number of rotatable bonds is 8. The van der Waals surface area contributed by atoms with Gasteiger partial charge in [0.25, 0.3) is 11.5 Å². The van der Waals surface area contributed by atoms with Crippen LogP contribution in [0.1, 0.15) is 55.5 Å². The Bertz CT molecular complexity index is 1150. The van der Waals surface area contributed by atoms with Crippen LogP contribution >= 0.6 is 0 Å². The van der Waals surface area contributed by atoms with Crippen molar-refractivity contribution >= 4 is 23.5 Å². The van der Waals surface area contributed by atoms with Gasteiger partial charge in [0.2, 0.25) is 11.8 Å². The highest BCUT2D eigenvalue weighted by atomic mass is 16.5. The van der Waals surface area contributed by atoms with Gasteiger partial charge in [0, 0.05) is 51.0 Å². The number of carbonyl (C=O) groups excluding carboxylic acids is 2. The Kier molecular flexibility index (Phi) is 7.06. The van der Waals surface area contributed by atoms with E-state index in [4.69, 9.17) is 4.74 Å². The van der Waals surface area contributed by atoms with Crippen molar-refractivity contribution < 1.29 is 19.4 Å². The van der Waals surface area contributed by atoms with Gasteiger partial charge in [-0.15, -0.1) is 0 Å². The molecule has 0 atom stereocenters. The van der Waals surface area contributed by atoms with Crippen LogP contribution in [0.15, 0.2) is 17.1 Å². The lowest BCUT2D eigenvalue weighted by atomic mass is 9.98. The second-order valence-corrected chi connectivity index (χ2v) is 9.65. The molecule has 2 aromatic heterocycles. The van der Waals surface area contributed by atoms with E-state index in [1.54, 1.807) is 18.1 Å². The van der Waals surface area contributed by atoms with Crippen molar-refractivity contribution in [2.75, 3.05) is 26.8 Å². The van der Waals surface area contributed by atoms with Crippen LogP contribution in [-0.2, 0) is 16.1 Å². The topological polar surface area (TPSA) is 118 Å². The van der Waals surface area contributed by atoms with Gasteiger partial charge in [-0.2, -0.15) is 9.61 Å². The molecule has 2 aromatic rings. The van der Waals surface area contributed by atoms with Gasteiger partial charge in [-0.25, -0.2) is 0 Å². The molecule has 0 aromatic carbocycles. The minimum Gasteiger partial charge on any atom is -0.492 e. The zero-order chi connectivity index (χ0) is 24.4. The van der Waals surface area contributed by atoms with E-state index < -0.39 is 17.3 Å². The van der Waals surface area contributed by atoms with Crippen molar-refractivity contribution in [1.29, 1.82) is 0 Å². The van der Waals surface area contributed by atoms with Crippen LogP contribution in [0.2, 0.25) is 0 Å². The molecule has 4 rings (SSSR count). The lowest BCUT2D eigenvalue weighted by Gasteiger charge is -2.30. The van der Waals surface area contributed by atoms with Crippen LogP contribution in [-0.4, -0.2) is 68.9 Å². The van der Waals surface area contributed by atoms with Crippen LogP contribution < -0.4 is 10.9 Å². The lowest BCUT2D eigenvalue weighted by Crippen LogP contribution is -2.38. The Hall–Kier alpha value is -3.14. The summed E-state index contributed by atoms with van der Waals surface area (Å²) in [6, 6.07) is 0.0437. The predicted molar refractivity (Wildman–Crippen MR) is 127 cm³/mol. The number of likely N-dealkylation sites (tertiary alicyclic amines) is 1. The fourth-order valence-corrected chi connectivity index (χ4v) is 4.37. The maximum Gasteiger partial charge on any atom is 0.270 e. The first-order valence-corrected chi connectivity index (χ1v) is 11.9. The molecule has 2 fully saturated rings. The summed E-state index contributed by atoms with van der Waals surface area (Å²) in [6.45, 7) is 6.30. The highest BCUT2D eigenvalue weighted by Gasteiger charge is 2.30. The summed E-state index contributed by atoms with van der Waals surface area (Å²) >= 11 is 0. The average molecular weight is 472 g/mol. The molecule has 34 heavy (non-hydrogen) atoms. The molecule has 1 aliphatic heterocycles. The summed E-state index contributed by atoms with van der Waals surface area (Å²) in [4.78, 5) is 40.5. The Morgan fingerprint density at radius 3 is 2.59 bits per heavy atom. The first kappa shape index (κ1) is 24.0. The summed E-state index contributed by atoms with van der Waals surface area (Å²) in [5, 5.41) is 17.8. The number of ether oxygens (including phenoxy) is 1. The molecule has 0 bridgehead atoms.